The standard InChI is InChI=1S/C20H20N2O2S/c23-20(21-17-6-9-19-16(14-17)10-12-24-19)15-4-7-18(8-5-15)22-11-2-1-3-13-25-22/h4-10,12,14H,1-3,11,13H2,(H,21,23). The Hall–Kier alpha value is -2.40. The molecule has 1 saturated heterocycles. The fraction of sp³-hybridized carbons (Fsp3) is 0.250. The van der Waals surface area contributed by atoms with Crippen LogP contribution in [0.25, 0.3) is 11.0 Å². The van der Waals surface area contributed by atoms with Crippen LogP contribution in [0.3, 0.4) is 0 Å². The topological polar surface area (TPSA) is 45.5 Å². The number of benzene rings is 2. The minimum absolute atomic E-state index is 0.0992. The predicted molar refractivity (Wildman–Crippen MR) is 104 cm³/mol. The van der Waals surface area contributed by atoms with Crippen LogP contribution in [0.15, 0.2) is 59.2 Å². The molecule has 4 nitrogen and oxygen atoms in total. The molecule has 5 heteroatoms. The highest BCUT2D eigenvalue weighted by atomic mass is 32.2. The first kappa shape index (κ1) is 16.1. The summed E-state index contributed by atoms with van der Waals surface area (Å²) in [5.41, 5.74) is 3.42. The molecule has 4 rings (SSSR count). The molecule has 1 aliphatic heterocycles. The lowest BCUT2D eigenvalue weighted by Gasteiger charge is -2.21. The number of furan rings is 1. The molecular formula is C20H20N2O2S. The minimum atomic E-state index is -0.0992. The van der Waals surface area contributed by atoms with Gasteiger partial charge < -0.3 is 14.0 Å². The largest absolute Gasteiger partial charge is 0.464 e. The number of carbonyl (C=O) groups is 1. The summed E-state index contributed by atoms with van der Waals surface area (Å²) in [6.45, 7) is 1.07. The van der Waals surface area contributed by atoms with Crippen molar-refractivity contribution in [1.29, 1.82) is 0 Å². The molecule has 0 aliphatic carbocycles. The first-order chi connectivity index (χ1) is 12.3. The Morgan fingerprint density at radius 2 is 1.92 bits per heavy atom. The number of hydrogen-bond donors (Lipinski definition) is 1. The molecule has 0 saturated carbocycles. The van der Waals surface area contributed by atoms with Crippen LogP contribution in [-0.2, 0) is 0 Å². The van der Waals surface area contributed by atoms with Crippen LogP contribution in [0.5, 0.6) is 0 Å². The second-order valence-corrected chi connectivity index (χ2v) is 7.28. The number of nitrogens with zero attached hydrogens (tertiary/aromatic N) is 1. The Labute approximate surface area is 151 Å². The van der Waals surface area contributed by atoms with Gasteiger partial charge in [-0.05, 0) is 73.3 Å². The maximum Gasteiger partial charge on any atom is 0.255 e. The fourth-order valence-corrected chi connectivity index (χ4v) is 4.09. The number of carbonyl (C=O) groups excluding carboxylic acids is 1. The third-order valence-corrected chi connectivity index (χ3v) is 5.56. The van der Waals surface area contributed by atoms with E-state index in [4.69, 9.17) is 4.42 Å². The van der Waals surface area contributed by atoms with Crippen molar-refractivity contribution in [3.8, 4) is 0 Å². The van der Waals surface area contributed by atoms with Crippen LogP contribution >= 0.6 is 11.9 Å². The molecule has 0 atom stereocenters. The molecule has 0 radical (unpaired) electrons. The predicted octanol–water partition coefficient (Wildman–Crippen LogP) is 5.32. The van der Waals surface area contributed by atoms with E-state index in [1.165, 1.54) is 30.7 Å². The summed E-state index contributed by atoms with van der Waals surface area (Å²) in [5, 5.41) is 3.93. The molecule has 1 aromatic heterocycles. The van der Waals surface area contributed by atoms with Gasteiger partial charge in [-0.25, -0.2) is 0 Å². The van der Waals surface area contributed by atoms with E-state index >= 15 is 0 Å². The molecule has 0 unspecified atom stereocenters. The third kappa shape index (κ3) is 3.66. The molecule has 1 amide bonds. The zero-order valence-corrected chi connectivity index (χ0v) is 14.7. The fourth-order valence-electron chi connectivity index (χ4n) is 3.00. The van der Waals surface area contributed by atoms with E-state index in [9.17, 15) is 4.79 Å². The van der Waals surface area contributed by atoms with E-state index in [0.717, 1.165) is 23.2 Å². The normalized spacial score (nSPS) is 15.1. The van der Waals surface area contributed by atoms with Gasteiger partial charge in [-0.1, -0.05) is 6.42 Å². The van der Waals surface area contributed by atoms with Gasteiger partial charge in [0, 0.05) is 34.6 Å². The summed E-state index contributed by atoms with van der Waals surface area (Å²) < 4.78 is 7.66. The Bertz CT molecular complexity index is 865. The van der Waals surface area contributed by atoms with Gasteiger partial charge in [-0.2, -0.15) is 0 Å². The van der Waals surface area contributed by atoms with Crippen LogP contribution in [0, 0.1) is 0 Å². The second-order valence-electron chi connectivity index (χ2n) is 6.17. The summed E-state index contributed by atoms with van der Waals surface area (Å²) in [6.07, 6.45) is 5.45. The van der Waals surface area contributed by atoms with Crippen LogP contribution < -0.4 is 9.62 Å². The van der Waals surface area contributed by atoms with Gasteiger partial charge in [0.1, 0.15) is 5.58 Å². The van der Waals surface area contributed by atoms with E-state index in [-0.39, 0.29) is 5.91 Å². The van der Waals surface area contributed by atoms with Crippen molar-refractivity contribution in [3.05, 3.63) is 60.4 Å². The van der Waals surface area contributed by atoms with Crippen LogP contribution in [0.1, 0.15) is 29.6 Å². The van der Waals surface area contributed by atoms with Gasteiger partial charge in [0.15, 0.2) is 0 Å². The summed E-state index contributed by atoms with van der Waals surface area (Å²) in [5.74, 6) is 1.07. The number of nitrogens with one attached hydrogen (secondary N) is 1. The number of hydrogen-bond acceptors (Lipinski definition) is 4. The molecule has 2 aromatic carbocycles. The second kappa shape index (κ2) is 7.23. The van der Waals surface area contributed by atoms with Gasteiger partial charge in [0.2, 0.25) is 0 Å². The number of rotatable bonds is 3. The number of fused-ring (bicyclic) bond motifs is 1. The first-order valence-corrected chi connectivity index (χ1v) is 9.53. The van der Waals surface area contributed by atoms with E-state index in [1.807, 2.05) is 60.5 Å². The van der Waals surface area contributed by atoms with Gasteiger partial charge in [-0.15, -0.1) is 0 Å². The summed E-state index contributed by atoms with van der Waals surface area (Å²) in [6, 6.07) is 15.4. The molecule has 0 bridgehead atoms. The molecule has 128 valence electrons. The minimum Gasteiger partial charge on any atom is -0.464 e. The van der Waals surface area contributed by atoms with Crippen molar-refractivity contribution < 1.29 is 9.21 Å². The van der Waals surface area contributed by atoms with Crippen LogP contribution in [0.2, 0.25) is 0 Å². The Kier molecular flexibility index (Phi) is 4.65. The van der Waals surface area contributed by atoms with Crippen molar-refractivity contribution in [2.45, 2.75) is 19.3 Å². The van der Waals surface area contributed by atoms with E-state index in [2.05, 4.69) is 9.62 Å². The van der Waals surface area contributed by atoms with Crippen molar-refractivity contribution in [1.82, 2.24) is 0 Å². The van der Waals surface area contributed by atoms with Crippen molar-refractivity contribution in [2.24, 2.45) is 0 Å². The van der Waals surface area contributed by atoms with Gasteiger partial charge >= 0.3 is 0 Å². The maximum absolute atomic E-state index is 12.5. The Morgan fingerprint density at radius 1 is 1.04 bits per heavy atom. The average Bonchev–Trinajstić information content (AvgIpc) is 2.94. The number of anilines is 2. The lowest BCUT2D eigenvalue weighted by atomic mass is 10.1. The van der Waals surface area contributed by atoms with Crippen LogP contribution in [0.4, 0.5) is 11.4 Å². The zero-order chi connectivity index (χ0) is 17.1. The smallest absolute Gasteiger partial charge is 0.255 e. The maximum atomic E-state index is 12.5. The molecule has 3 aromatic rings. The average molecular weight is 352 g/mol. The van der Waals surface area contributed by atoms with Gasteiger partial charge in [-0.3, -0.25) is 4.79 Å². The molecule has 2 heterocycles. The molecule has 0 spiro atoms. The van der Waals surface area contributed by atoms with Crippen molar-refractivity contribution in [3.63, 3.8) is 0 Å². The monoisotopic (exact) mass is 352 g/mol. The Morgan fingerprint density at radius 3 is 2.80 bits per heavy atom. The molecular weight excluding hydrogens is 332 g/mol. The quantitative estimate of drug-likeness (QED) is 0.648. The highest BCUT2D eigenvalue weighted by molar-refractivity contribution is 8.00. The van der Waals surface area contributed by atoms with Gasteiger partial charge in [0.05, 0.1) is 6.26 Å². The summed E-state index contributed by atoms with van der Waals surface area (Å²) >= 11 is 1.88. The first-order valence-electron chi connectivity index (χ1n) is 8.59. The highest BCUT2D eigenvalue weighted by Gasteiger charge is 2.12. The number of amides is 1. The molecule has 1 aliphatic rings. The van der Waals surface area contributed by atoms with Crippen molar-refractivity contribution >= 4 is 40.2 Å². The SMILES string of the molecule is O=C(Nc1ccc2occc2c1)c1ccc(N2CCCCCS2)cc1. The van der Waals surface area contributed by atoms with Gasteiger partial charge in [0.25, 0.3) is 5.91 Å². The van der Waals surface area contributed by atoms with E-state index in [1.54, 1.807) is 6.26 Å². The Balaban J connectivity index is 1.46. The lowest BCUT2D eigenvalue weighted by molar-refractivity contribution is 0.102. The highest BCUT2D eigenvalue weighted by Crippen LogP contribution is 2.27. The zero-order valence-electron chi connectivity index (χ0n) is 13.9. The summed E-state index contributed by atoms with van der Waals surface area (Å²) in [7, 11) is 0. The summed E-state index contributed by atoms with van der Waals surface area (Å²) in [4.78, 5) is 12.5. The molecule has 1 N–H and O–H groups in total. The van der Waals surface area contributed by atoms with E-state index in [0.29, 0.717) is 5.56 Å². The lowest BCUT2D eigenvalue weighted by Crippen LogP contribution is -2.15. The third-order valence-electron chi connectivity index (χ3n) is 4.38. The molecule has 25 heavy (non-hydrogen) atoms. The van der Waals surface area contributed by atoms with Crippen LogP contribution in [-0.4, -0.2) is 18.2 Å². The molecule has 1 fully saturated rings. The van der Waals surface area contributed by atoms with E-state index < -0.39 is 0 Å². The van der Waals surface area contributed by atoms with Crippen molar-refractivity contribution in [2.75, 3.05) is 21.9 Å².